The first-order valence-corrected chi connectivity index (χ1v) is 4.57. The molecule has 1 aliphatic heterocycles. The molecule has 3 heteroatoms. The van der Waals surface area contributed by atoms with Gasteiger partial charge in [-0.3, -0.25) is 9.59 Å². The summed E-state index contributed by atoms with van der Waals surface area (Å²) in [6, 6.07) is 0. The first-order valence-electron chi connectivity index (χ1n) is 4.57. The van der Waals surface area contributed by atoms with E-state index in [2.05, 4.69) is 5.32 Å². The number of ketones is 1. The second-order valence-electron chi connectivity index (χ2n) is 3.79. The van der Waals surface area contributed by atoms with Gasteiger partial charge in [0.05, 0.1) is 12.0 Å². The lowest BCUT2D eigenvalue weighted by atomic mass is 9.80. The highest BCUT2D eigenvalue weighted by Gasteiger charge is 2.45. The minimum Gasteiger partial charge on any atom is -0.343 e. The zero-order valence-electron chi connectivity index (χ0n) is 7.06. The molecule has 66 valence electrons. The first-order chi connectivity index (χ1) is 5.73. The minimum absolute atomic E-state index is 0.0816. The molecule has 1 heterocycles. The zero-order chi connectivity index (χ0) is 8.60. The molecule has 0 atom stereocenters. The van der Waals surface area contributed by atoms with Gasteiger partial charge >= 0.3 is 0 Å². The van der Waals surface area contributed by atoms with Gasteiger partial charge in [-0.25, -0.2) is 0 Å². The Hall–Kier alpha value is -0.860. The fourth-order valence-electron chi connectivity index (χ4n) is 2.25. The van der Waals surface area contributed by atoms with Crippen LogP contribution in [-0.2, 0) is 9.59 Å². The topological polar surface area (TPSA) is 46.2 Å². The smallest absolute Gasteiger partial charge is 0.228 e. The number of hydrogen-bond acceptors (Lipinski definition) is 2. The highest BCUT2D eigenvalue weighted by atomic mass is 16.2. The van der Waals surface area contributed by atoms with Crippen molar-refractivity contribution in [2.45, 2.75) is 44.1 Å². The predicted molar refractivity (Wildman–Crippen MR) is 43.6 cm³/mol. The molecule has 1 saturated heterocycles. The van der Waals surface area contributed by atoms with Crippen LogP contribution < -0.4 is 5.32 Å². The van der Waals surface area contributed by atoms with Crippen LogP contribution in [0.5, 0.6) is 0 Å². The van der Waals surface area contributed by atoms with Crippen molar-refractivity contribution in [2.24, 2.45) is 0 Å². The molecule has 12 heavy (non-hydrogen) atoms. The van der Waals surface area contributed by atoms with Crippen molar-refractivity contribution in [1.29, 1.82) is 0 Å². The summed E-state index contributed by atoms with van der Waals surface area (Å²) in [5.74, 6) is 0.0362. The van der Waals surface area contributed by atoms with E-state index in [-0.39, 0.29) is 18.1 Å². The van der Waals surface area contributed by atoms with Crippen LogP contribution in [0.15, 0.2) is 0 Å². The van der Waals surface area contributed by atoms with Gasteiger partial charge < -0.3 is 5.32 Å². The monoisotopic (exact) mass is 167 g/mol. The number of Topliss-reactive ketones (excluding diaryl/α,β-unsaturated/α-hetero) is 1. The van der Waals surface area contributed by atoms with E-state index in [0.29, 0.717) is 0 Å². The van der Waals surface area contributed by atoms with Crippen LogP contribution >= 0.6 is 0 Å². The lowest BCUT2D eigenvalue weighted by Gasteiger charge is -2.31. The summed E-state index contributed by atoms with van der Waals surface area (Å²) < 4.78 is 0. The van der Waals surface area contributed by atoms with Crippen molar-refractivity contribution in [3.8, 4) is 0 Å². The molecule has 0 radical (unpaired) electrons. The Morgan fingerprint density at radius 2 is 1.75 bits per heavy atom. The van der Waals surface area contributed by atoms with Crippen molar-refractivity contribution in [2.75, 3.05) is 0 Å². The SMILES string of the molecule is O=C1CC(=O)C2(CCCCC2)N1. The van der Waals surface area contributed by atoms with Crippen molar-refractivity contribution < 1.29 is 9.59 Å². The molecule has 0 aromatic heterocycles. The van der Waals surface area contributed by atoms with Crippen LogP contribution in [0.4, 0.5) is 0 Å². The lowest BCUT2D eigenvalue weighted by Crippen LogP contribution is -2.47. The Balaban J connectivity index is 2.18. The van der Waals surface area contributed by atoms with E-state index >= 15 is 0 Å². The summed E-state index contributed by atoms with van der Waals surface area (Å²) in [5, 5.41) is 2.83. The lowest BCUT2D eigenvalue weighted by molar-refractivity contribution is -0.123. The van der Waals surface area contributed by atoms with Gasteiger partial charge in [0.2, 0.25) is 5.91 Å². The minimum atomic E-state index is -0.435. The van der Waals surface area contributed by atoms with E-state index < -0.39 is 5.54 Å². The molecule has 1 saturated carbocycles. The predicted octanol–water partition coefficient (Wildman–Crippen LogP) is 0.778. The van der Waals surface area contributed by atoms with Crippen LogP contribution in [0.25, 0.3) is 0 Å². The fraction of sp³-hybridized carbons (Fsp3) is 0.778. The second kappa shape index (κ2) is 2.57. The van der Waals surface area contributed by atoms with Crippen LogP contribution in [0.3, 0.4) is 0 Å². The highest BCUT2D eigenvalue weighted by molar-refractivity contribution is 6.10. The number of hydrogen-bond donors (Lipinski definition) is 1. The zero-order valence-corrected chi connectivity index (χ0v) is 7.06. The Labute approximate surface area is 71.5 Å². The second-order valence-corrected chi connectivity index (χ2v) is 3.79. The first kappa shape index (κ1) is 7.77. The molecule has 2 rings (SSSR count). The molecule has 1 spiro atoms. The normalized spacial score (nSPS) is 27.7. The Kier molecular flexibility index (Phi) is 1.67. The summed E-state index contributed by atoms with van der Waals surface area (Å²) in [7, 11) is 0. The van der Waals surface area contributed by atoms with E-state index in [1.165, 1.54) is 6.42 Å². The molecular formula is C9H13NO2. The van der Waals surface area contributed by atoms with E-state index in [1.807, 2.05) is 0 Å². The molecular weight excluding hydrogens is 154 g/mol. The third-order valence-electron chi connectivity index (χ3n) is 2.94. The molecule has 0 aromatic rings. The van der Waals surface area contributed by atoms with Crippen LogP contribution in [0.1, 0.15) is 38.5 Å². The molecule has 0 unspecified atom stereocenters. The summed E-state index contributed by atoms with van der Waals surface area (Å²) in [4.78, 5) is 22.5. The van der Waals surface area contributed by atoms with Gasteiger partial charge in [-0.1, -0.05) is 19.3 Å². The van der Waals surface area contributed by atoms with Gasteiger partial charge in [0.15, 0.2) is 5.78 Å². The van der Waals surface area contributed by atoms with Crippen molar-refractivity contribution >= 4 is 11.7 Å². The summed E-state index contributed by atoms with van der Waals surface area (Å²) in [5.41, 5.74) is -0.435. The summed E-state index contributed by atoms with van der Waals surface area (Å²) >= 11 is 0. The number of rotatable bonds is 0. The number of nitrogens with one attached hydrogen (secondary N) is 1. The van der Waals surface area contributed by atoms with E-state index in [1.54, 1.807) is 0 Å². The highest BCUT2D eigenvalue weighted by Crippen LogP contribution is 2.32. The average molecular weight is 167 g/mol. The van der Waals surface area contributed by atoms with Gasteiger partial charge in [0, 0.05) is 0 Å². The van der Waals surface area contributed by atoms with E-state index in [9.17, 15) is 9.59 Å². The van der Waals surface area contributed by atoms with Gasteiger partial charge in [-0.2, -0.15) is 0 Å². The van der Waals surface area contributed by atoms with E-state index in [4.69, 9.17) is 0 Å². The quantitative estimate of drug-likeness (QED) is 0.542. The van der Waals surface area contributed by atoms with Crippen LogP contribution in [-0.4, -0.2) is 17.2 Å². The fourth-order valence-corrected chi connectivity index (χ4v) is 2.25. The Morgan fingerprint density at radius 1 is 1.08 bits per heavy atom. The van der Waals surface area contributed by atoms with Gasteiger partial charge in [-0.15, -0.1) is 0 Å². The van der Waals surface area contributed by atoms with Crippen molar-refractivity contribution in [3.05, 3.63) is 0 Å². The molecule has 2 fully saturated rings. The van der Waals surface area contributed by atoms with Gasteiger partial charge in [0.25, 0.3) is 0 Å². The van der Waals surface area contributed by atoms with Gasteiger partial charge in [-0.05, 0) is 12.8 Å². The Bertz CT molecular complexity index is 229. The third kappa shape index (κ3) is 1.04. The largest absolute Gasteiger partial charge is 0.343 e. The molecule has 0 aromatic carbocycles. The number of carbonyl (C=O) groups excluding carboxylic acids is 2. The molecule has 1 amide bonds. The van der Waals surface area contributed by atoms with Crippen LogP contribution in [0, 0.1) is 0 Å². The third-order valence-corrected chi connectivity index (χ3v) is 2.94. The maximum atomic E-state index is 11.5. The molecule has 0 bridgehead atoms. The molecule has 2 aliphatic rings. The maximum Gasteiger partial charge on any atom is 0.228 e. The maximum absolute atomic E-state index is 11.5. The molecule has 1 N–H and O–H groups in total. The number of amides is 1. The summed E-state index contributed by atoms with van der Waals surface area (Å²) in [6.45, 7) is 0. The van der Waals surface area contributed by atoms with E-state index in [0.717, 1.165) is 25.7 Å². The number of carbonyl (C=O) groups is 2. The molecule has 1 aliphatic carbocycles. The Morgan fingerprint density at radius 3 is 2.25 bits per heavy atom. The van der Waals surface area contributed by atoms with Gasteiger partial charge in [0.1, 0.15) is 0 Å². The average Bonchev–Trinajstić information content (AvgIpc) is 2.29. The van der Waals surface area contributed by atoms with Crippen molar-refractivity contribution in [3.63, 3.8) is 0 Å². The summed E-state index contributed by atoms with van der Waals surface area (Å²) in [6.07, 6.45) is 5.18. The molecule has 3 nitrogen and oxygen atoms in total. The van der Waals surface area contributed by atoms with Crippen LogP contribution in [0.2, 0.25) is 0 Å². The standard InChI is InChI=1S/C9H13NO2/c11-7-6-8(12)10-9(7)4-2-1-3-5-9/h1-6H2,(H,10,12). The van der Waals surface area contributed by atoms with Crippen molar-refractivity contribution in [1.82, 2.24) is 5.32 Å².